The molecule has 2 aliphatic rings. The molecule has 2 N–H and O–H groups in total. The number of likely N-dealkylation sites (tertiary alicyclic amines) is 1. The van der Waals surface area contributed by atoms with Crippen LogP contribution in [0, 0.1) is 0 Å². The number of benzene rings is 2. The first-order chi connectivity index (χ1) is 16.1. The predicted molar refractivity (Wildman–Crippen MR) is 131 cm³/mol. The molecule has 1 fully saturated rings. The standard InChI is InChI=1S/C26H30N4O3/c1-19(31)28-25-17-21(18-27-25)23-7-3-4-8-24(23)29-26(32)20-9-11-22(12-10-20)33-16-15-30-13-5-2-6-14-30/h3-4,7-12,17H,2,5-6,13-16,18H2,1H3,(H,29,32)(H,27,28,31). The SMILES string of the molecule is CC(=O)NC1=NCC(c2ccccc2NC(=O)c2ccc(OCCN3CCCCC3)cc2)=C1. The van der Waals surface area contributed by atoms with Crippen molar-refractivity contribution in [2.45, 2.75) is 26.2 Å². The fourth-order valence-corrected chi connectivity index (χ4v) is 4.09. The predicted octanol–water partition coefficient (Wildman–Crippen LogP) is 3.74. The molecule has 2 aromatic carbocycles. The van der Waals surface area contributed by atoms with Crippen molar-refractivity contribution in [3.63, 3.8) is 0 Å². The van der Waals surface area contributed by atoms with Gasteiger partial charge in [-0.3, -0.25) is 19.5 Å². The molecular formula is C26H30N4O3. The summed E-state index contributed by atoms with van der Waals surface area (Å²) in [6.07, 6.45) is 5.71. The van der Waals surface area contributed by atoms with Crippen molar-refractivity contribution in [3.8, 4) is 5.75 Å². The van der Waals surface area contributed by atoms with Gasteiger partial charge in [0.15, 0.2) is 0 Å². The smallest absolute Gasteiger partial charge is 0.255 e. The second-order valence-electron chi connectivity index (χ2n) is 8.33. The number of ether oxygens (including phenoxy) is 1. The van der Waals surface area contributed by atoms with Crippen LogP contribution in [0.15, 0.2) is 59.6 Å². The van der Waals surface area contributed by atoms with Crippen molar-refractivity contribution >= 4 is 28.9 Å². The number of hydrogen-bond acceptors (Lipinski definition) is 5. The Bertz CT molecular complexity index is 1050. The largest absolute Gasteiger partial charge is 0.492 e. The van der Waals surface area contributed by atoms with Crippen molar-refractivity contribution in [3.05, 3.63) is 65.7 Å². The van der Waals surface area contributed by atoms with Crippen LogP contribution in [0.5, 0.6) is 5.75 Å². The van der Waals surface area contributed by atoms with Gasteiger partial charge in [-0.25, -0.2) is 0 Å². The van der Waals surface area contributed by atoms with Gasteiger partial charge in [0.1, 0.15) is 18.2 Å². The van der Waals surface area contributed by atoms with Gasteiger partial charge in [0, 0.05) is 30.3 Å². The summed E-state index contributed by atoms with van der Waals surface area (Å²) < 4.78 is 5.86. The third-order valence-electron chi connectivity index (χ3n) is 5.80. The molecule has 0 radical (unpaired) electrons. The van der Waals surface area contributed by atoms with E-state index in [1.54, 1.807) is 12.1 Å². The zero-order chi connectivity index (χ0) is 23.0. The van der Waals surface area contributed by atoms with Gasteiger partial charge >= 0.3 is 0 Å². The molecule has 4 rings (SSSR count). The van der Waals surface area contributed by atoms with Crippen LogP contribution in [0.1, 0.15) is 42.1 Å². The number of hydrogen-bond donors (Lipinski definition) is 2. The molecule has 0 aromatic heterocycles. The molecule has 0 spiro atoms. The van der Waals surface area contributed by atoms with Gasteiger partial charge in [-0.2, -0.15) is 0 Å². The lowest BCUT2D eigenvalue weighted by molar-refractivity contribution is -0.117. The van der Waals surface area contributed by atoms with Gasteiger partial charge < -0.3 is 15.4 Å². The van der Waals surface area contributed by atoms with E-state index < -0.39 is 0 Å². The van der Waals surface area contributed by atoms with Crippen LogP contribution >= 0.6 is 0 Å². The molecule has 2 aliphatic heterocycles. The van der Waals surface area contributed by atoms with Crippen molar-refractivity contribution in [1.82, 2.24) is 10.2 Å². The minimum Gasteiger partial charge on any atom is -0.492 e. The maximum atomic E-state index is 12.9. The Balaban J connectivity index is 1.34. The minimum absolute atomic E-state index is 0.160. The Kier molecular flexibility index (Phi) is 7.52. The lowest BCUT2D eigenvalue weighted by Gasteiger charge is -2.26. The number of anilines is 1. The summed E-state index contributed by atoms with van der Waals surface area (Å²) in [5, 5.41) is 5.70. The molecule has 0 saturated carbocycles. The molecule has 0 atom stereocenters. The number of amidine groups is 1. The fourth-order valence-electron chi connectivity index (χ4n) is 4.09. The van der Waals surface area contributed by atoms with Crippen molar-refractivity contribution < 1.29 is 14.3 Å². The van der Waals surface area contributed by atoms with E-state index in [1.165, 1.54) is 26.2 Å². The summed E-state index contributed by atoms with van der Waals surface area (Å²) in [7, 11) is 0. The molecule has 1 saturated heterocycles. The summed E-state index contributed by atoms with van der Waals surface area (Å²) in [5.74, 6) is 0.952. The summed E-state index contributed by atoms with van der Waals surface area (Å²) in [4.78, 5) is 30.9. The summed E-state index contributed by atoms with van der Waals surface area (Å²) in [5.41, 5.74) is 3.08. The Morgan fingerprint density at radius 2 is 1.76 bits per heavy atom. The zero-order valence-electron chi connectivity index (χ0n) is 19.0. The van der Waals surface area contributed by atoms with E-state index in [2.05, 4.69) is 20.5 Å². The molecule has 0 aliphatic carbocycles. The highest BCUT2D eigenvalue weighted by molar-refractivity contribution is 6.11. The Morgan fingerprint density at radius 3 is 2.52 bits per heavy atom. The molecule has 7 heteroatoms. The van der Waals surface area contributed by atoms with Crippen LogP contribution in [0.4, 0.5) is 5.69 Å². The average molecular weight is 447 g/mol. The monoisotopic (exact) mass is 446 g/mol. The van der Waals surface area contributed by atoms with Crippen LogP contribution in [0.3, 0.4) is 0 Å². The first-order valence-electron chi connectivity index (χ1n) is 11.5. The van der Waals surface area contributed by atoms with Crippen LogP contribution in [0.2, 0.25) is 0 Å². The van der Waals surface area contributed by atoms with E-state index in [0.717, 1.165) is 36.5 Å². The number of carbonyl (C=O) groups excluding carboxylic acids is 2. The minimum atomic E-state index is -0.191. The Morgan fingerprint density at radius 1 is 1.00 bits per heavy atom. The lowest BCUT2D eigenvalue weighted by atomic mass is 10.0. The number of nitrogens with one attached hydrogen (secondary N) is 2. The molecule has 7 nitrogen and oxygen atoms in total. The maximum absolute atomic E-state index is 12.9. The number of amides is 2. The number of nitrogens with zero attached hydrogens (tertiary/aromatic N) is 2. The normalized spacial score (nSPS) is 16.0. The average Bonchev–Trinajstić information content (AvgIpc) is 3.28. The van der Waals surface area contributed by atoms with Crippen LogP contribution in [-0.2, 0) is 4.79 Å². The first-order valence-corrected chi connectivity index (χ1v) is 11.5. The quantitative estimate of drug-likeness (QED) is 0.679. The highest BCUT2D eigenvalue weighted by Gasteiger charge is 2.16. The molecule has 0 bridgehead atoms. The second-order valence-corrected chi connectivity index (χ2v) is 8.33. The van der Waals surface area contributed by atoms with Crippen LogP contribution < -0.4 is 15.4 Å². The van der Waals surface area contributed by atoms with Gasteiger partial charge in [0.2, 0.25) is 5.91 Å². The number of carbonyl (C=O) groups is 2. The molecular weight excluding hydrogens is 416 g/mol. The summed E-state index contributed by atoms with van der Waals surface area (Å²) in [6.45, 7) is 5.79. The molecule has 0 unspecified atom stereocenters. The fraction of sp³-hybridized carbons (Fsp3) is 0.346. The number of aliphatic imine (C=N–C) groups is 1. The zero-order valence-corrected chi connectivity index (χ0v) is 19.0. The van der Waals surface area contributed by atoms with Crippen LogP contribution in [0.25, 0.3) is 5.57 Å². The van der Waals surface area contributed by atoms with E-state index in [0.29, 0.717) is 30.2 Å². The van der Waals surface area contributed by atoms with E-state index in [1.807, 2.05) is 42.5 Å². The van der Waals surface area contributed by atoms with Crippen LogP contribution in [-0.4, -0.2) is 55.3 Å². The Labute approximate surface area is 194 Å². The maximum Gasteiger partial charge on any atom is 0.255 e. The molecule has 2 heterocycles. The number of rotatable bonds is 7. The number of piperidine rings is 1. The van der Waals surface area contributed by atoms with Crippen molar-refractivity contribution in [2.24, 2.45) is 4.99 Å². The second kappa shape index (κ2) is 10.9. The van der Waals surface area contributed by atoms with Gasteiger partial charge in [-0.15, -0.1) is 0 Å². The topological polar surface area (TPSA) is 83.0 Å². The first kappa shape index (κ1) is 22.7. The Hall–Kier alpha value is -3.45. The van der Waals surface area contributed by atoms with Gasteiger partial charge in [0.05, 0.1) is 6.54 Å². The van der Waals surface area contributed by atoms with E-state index in [-0.39, 0.29) is 11.8 Å². The van der Waals surface area contributed by atoms with E-state index in [9.17, 15) is 9.59 Å². The van der Waals surface area contributed by atoms with E-state index >= 15 is 0 Å². The van der Waals surface area contributed by atoms with Gasteiger partial charge in [0.25, 0.3) is 5.91 Å². The summed E-state index contributed by atoms with van der Waals surface area (Å²) >= 11 is 0. The molecule has 33 heavy (non-hydrogen) atoms. The molecule has 2 amide bonds. The molecule has 172 valence electrons. The van der Waals surface area contributed by atoms with E-state index in [4.69, 9.17) is 4.74 Å². The third kappa shape index (κ3) is 6.29. The highest BCUT2D eigenvalue weighted by atomic mass is 16.5. The van der Waals surface area contributed by atoms with Crippen molar-refractivity contribution in [2.75, 3.05) is 38.1 Å². The van der Waals surface area contributed by atoms with Gasteiger partial charge in [-0.05, 0) is 67.9 Å². The number of para-hydroxylation sites is 1. The van der Waals surface area contributed by atoms with Crippen molar-refractivity contribution in [1.29, 1.82) is 0 Å². The third-order valence-corrected chi connectivity index (χ3v) is 5.80. The lowest BCUT2D eigenvalue weighted by Crippen LogP contribution is -2.33. The van der Waals surface area contributed by atoms with Gasteiger partial charge in [-0.1, -0.05) is 24.6 Å². The molecule has 2 aromatic rings. The summed E-state index contributed by atoms with van der Waals surface area (Å²) in [6, 6.07) is 14.8. The highest BCUT2D eigenvalue weighted by Crippen LogP contribution is 2.27.